The monoisotopic (exact) mass is 771 g/mol. The molecular formula is C50H108P2. The molecule has 0 aliphatic rings. The van der Waals surface area contributed by atoms with Gasteiger partial charge in [0.1, 0.15) is 0 Å². The normalized spacial score (nSPS) is 12.1. The third-order valence-electron chi connectivity index (χ3n) is 12.4. The summed E-state index contributed by atoms with van der Waals surface area (Å²) in [5.74, 6) is 0. The number of rotatable bonds is 43. The average molecular weight is 771 g/mol. The molecule has 0 saturated carbocycles. The Morgan fingerprint density at radius 1 is 0.231 bits per heavy atom. The van der Waals surface area contributed by atoms with Crippen molar-refractivity contribution in [2.75, 3.05) is 43.1 Å². The molecule has 0 aliphatic heterocycles. The fourth-order valence-corrected chi connectivity index (χ4v) is 15.9. The molecule has 0 spiro atoms. The minimum atomic E-state index is -0.975. The van der Waals surface area contributed by atoms with Crippen LogP contribution in [0.4, 0.5) is 0 Å². The van der Waals surface area contributed by atoms with Gasteiger partial charge in [-0.2, -0.15) is 0 Å². The van der Waals surface area contributed by atoms with Crippen molar-refractivity contribution in [2.24, 2.45) is 0 Å². The molecule has 318 valence electrons. The van der Waals surface area contributed by atoms with Crippen molar-refractivity contribution < 1.29 is 0 Å². The first-order valence-electron chi connectivity index (χ1n) is 25.3. The van der Waals surface area contributed by atoms with Gasteiger partial charge in [-0.05, 0) is 37.7 Å². The van der Waals surface area contributed by atoms with Crippen LogP contribution in [0.2, 0.25) is 0 Å². The Balaban J connectivity index is 0. The molecule has 0 amide bonds. The minimum absolute atomic E-state index is 0.366. The van der Waals surface area contributed by atoms with Gasteiger partial charge in [0.15, 0.2) is 0 Å². The molecule has 0 aromatic heterocycles. The Kier molecular flexibility index (Phi) is 50.7. The summed E-state index contributed by atoms with van der Waals surface area (Å²) in [5, 5.41) is 0. The van der Waals surface area contributed by atoms with Gasteiger partial charge in [-0.3, -0.25) is 0 Å². The first kappa shape index (κ1) is 55.0. The third kappa shape index (κ3) is 42.0. The summed E-state index contributed by atoms with van der Waals surface area (Å²) >= 11 is 0. The number of unbranched alkanes of at least 4 members (excludes halogenated alkanes) is 30. The van der Waals surface area contributed by atoms with Crippen LogP contribution in [-0.4, -0.2) is 43.1 Å². The fourth-order valence-electron chi connectivity index (χ4n) is 8.43. The van der Waals surface area contributed by atoms with Crippen molar-refractivity contribution in [1.82, 2.24) is 0 Å². The van der Waals surface area contributed by atoms with Gasteiger partial charge in [0, 0.05) is 0 Å². The second-order valence-electron chi connectivity index (χ2n) is 17.6. The first-order chi connectivity index (χ1) is 25.6. The van der Waals surface area contributed by atoms with Crippen LogP contribution in [0.15, 0.2) is 0 Å². The Hall–Kier alpha value is 0.860. The Labute approximate surface area is 336 Å². The summed E-state index contributed by atoms with van der Waals surface area (Å²) in [7, 11) is -0.609. The van der Waals surface area contributed by atoms with Gasteiger partial charge < -0.3 is 0 Å². The molecule has 0 aliphatic carbocycles. The maximum atomic E-state index is 2.55. The molecule has 0 fully saturated rings. The van der Waals surface area contributed by atoms with Crippen molar-refractivity contribution >= 4 is 15.2 Å². The van der Waals surface area contributed by atoms with Gasteiger partial charge in [-0.25, -0.2) is 0 Å². The Bertz CT molecular complexity index is 524. The van der Waals surface area contributed by atoms with Crippen LogP contribution in [-0.2, 0) is 0 Å². The van der Waals surface area contributed by atoms with Crippen molar-refractivity contribution in [2.45, 2.75) is 280 Å². The zero-order valence-electron chi connectivity index (χ0n) is 38.4. The molecule has 0 rings (SSSR count). The van der Waals surface area contributed by atoms with E-state index in [1.807, 2.05) is 0 Å². The molecule has 0 heterocycles. The van der Waals surface area contributed by atoms with E-state index in [0.29, 0.717) is 7.92 Å². The summed E-state index contributed by atoms with van der Waals surface area (Å²) in [6, 6.07) is 0. The molecule has 0 saturated heterocycles. The van der Waals surface area contributed by atoms with E-state index in [9.17, 15) is 0 Å². The van der Waals surface area contributed by atoms with Gasteiger partial charge in [-0.15, -0.1) is 7.92 Å². The van der Waals surface area contributed by atoms with Crippen molar-refractivity contribution in [1.29, 1.82) is 0 Å². The third-order valence-corrected chi connectivity index (χ3v) is 21.0. The van der Waals surface area contributed by atoms with Gasteiger partial charge in [-0.1, -0.05) is 117 Å². The average Bonchev–Trinajstić information content (AvgIpc) is 3.16. The first-order valence-corrected chi connectivity index (χ1v) is 30.0. The topological polar surface area (TPSA) is 0 Å². The standard InChI is InChI=1S/C26H57P.C24H51P/c1-5-9-12-15-18-21-24-27(8-4,25-22-19-16-13-10-6-2)26-23-20-17-14-11-7-3;1-4-7-10-13-16-19-22-25(23-20-17-14-11-8-5-2)24-21-18-15-12-9-6-3/h27H,5-26H2,1-4H3;4-24H2,1-3H3. The molecule has 0 unspecified atom stereocenters. The van der Waals surface area contributed by atoms with E-state index in [0.717, 1.165) is 0 Å². The molecule has 52 heavy (non-hydrogen) atoms. The quantitative estimate of drug-likeness (QED) is 0.0428. The zero-order valence-corrected chi connectivity index (χ0v) is 40.2. The van der Waals surface area contributed by atoms with E-state index in [1.54, 1.807) is 62.4 Å². The molecule has 0 radical (unpaired) electrons. The van der Waals surface area contributed by atoms with E-state index in [4.69, 9.17) is 0 Å². The van der Waals surface area contributed by atoms with Gasteiger partial charge >= 0.3 is 175 Å². The molecule has 0 nitrogen and oxygen atoms in total. The Morgan fingerprint density at radius 2 is 0.423 bits per heavy atom. The van der Waals surface area contributed by atoms with Crippen LogP contribution in [0.3, 0.4) is 0 Å². The number of hydrogen-bond acceptors (Lipinski definition) is 0. The van der Waals surface area contributed by atoms with Crippen molar-refractivity contribution in [3.05, 3.63) is 0 Å². The predicted molar refractivity (Wildman–Crippen MR) is 255 cm³/mol. The van der Waals surface area contributed by atoms with E-state index in [2.05, 4.69) is 48.5 Å². The predicted octanol–water partition coefficient (Wildman–Crippen LogP) is 19.4. The number of hydrogen-bond donors (Lipinski definition) is 0. The van der Waals surface area contributed by atoms with Crippen LogP contribution in [0.1, 0.15) is 280 Å². The second-order valence-corrected chi connectivity index (χ2v) is 25.4. The molecule has 0 bridgehead atoms. The van der Waals surface area contributed by atoms with Crippen molar-refractivity contribution in [3.63, 3.8) is 0 Å². The summed E-state index contributed by atoms with van der Waals surface area (Å²) in [6.07, 6.45) is 64.4. The van der Waals surface area contributed by atoms with E-state index < -0.39 is 7.26 Å². The second kappa shape index (κ2) is 48.0. The van der Waals surface area contributed by atoms with Gasteiger partial charge in [0.25, 0.3) is 0 Å². The van der Waals surface area contributed by atoms with Crippen LogP contribution in [0.25, 0.3) is 0 Å². The fraction of sp³-hybridized carbons (Fsp3) is 1.00. The molecular weight excluding hydrogens is 662 g/mol. The van der Waals surface area contributed by atoms with E-state index in [1.165, 1.54) is 212 Å². The Morgan fingerprint density at radius 3 is 0.635 bits per heavy atom. The van der Waals surface area contributed by atoms with Crippen LogP contribution < -0.4 is 0 Å². The zero-order chi connectivity index (χ0) is 38.5. The van der Waals surface area contributed by atoms with Gasteiger partial charge in [0.05, 0.1) is 0 Å². The summed E-state index contributed by atoms with van der Waals surface area (Å²) in [6.45, 7) is 16.5. The summed E-state index contributed by atoms with van der Waals surface area (Å²) < 4.78 is 0. The van der Waals surface area contributed by atoms with Crippen molar-refractivity contribution in [3.8, 4) is 0 Å². The molecule has 0 aromatic rings. The maximum absolute atomic E-state index is 2.55. The molecule has 0 atom stereocenters. The van der Waals surface area contributed by atoms with E-state index >= 15 is 0 Å². The summed E-state index contributed by atoms with van der Waals surface area (Å²) in [4.78, 5) is 0. The van der Waals surface area contributed by atoms with Crippen LogP contribution in [0, 0.1) is 0 Å². The SMILES string of the molecule is CCCCCCCCP(CCCCCCCC)CCCCCCCC.CCCCCCCC[PH](CC)(CCCCCCCC)CCCCCCCC. The molecule has 0 N–H and O–H groups in total. The van der Waals surface area contributed by atoms with Crippen LogP contribution >= 0.6 is 15.2 Å². The molecule has 0 aromatic carbocycles. The summed E-state index contributed by atoms with van der Waals surface area (Å²) in [5.41, 5.74) is 0. The van der Waals surface area contributed by atoms with Crippen LogP contribution in [0.5, 0.6) is 0 Å². The van der Waals surface area contributed by atoms with Gasteiger partial charge in [0.2, 0.25) is 0 Å². The van der Waals surface area contributed by atoms with E-state index in [-0.39, 0.29) is 0 Å². The molecule has 2 heteroatoms.